The lowest BCUT2D eigenvalue weighted by Crippen LogP contribution is -2.19. The lowest BCUT2D eigenvalue weighted by molar-refractivity contribution is -0.137. The van der Waals surface area contributed by atoms with E-state index >= 15 is 0 Å². The van der Waals surface area contributed by atoms with Crippen LogP contribution in [0.5, 0.6) is 0 Å². The second-order valence-electron chi connectivity index (χ2n) is 4.90. The Morgan fingerprint density at radius 2 is 1.81 bits per heavy atom. The Morgan fingerprint density at radius 1 is 1.14 bits per heavy atom. The van der Waals surface area contributed by atoms with Crippen LogP contribution >= 0.6 is 11.3 Å². The second-order valence-corrected chi connectivity index (χ2v) is 5.85. The van der Waals surface area contributed by atoms with E-state index in [2.05, 4.69) is 23.7 Å². The fourth-order valence-corrected chi connectivity index (χ4v) is 3.44. The third kappa shape index (κ3) is 3.86. The van der Waals surface area contributed by atoms with Crippen molar-refractivity contribution in [1.82, 2.24) is 5.32 Å². The smallest absolute Gasteiger partial charge is 0.312 e. The number of hydrogen-bond acceptors (Lipinski definition) is 2. The topological polar surface area (TPSA) is 12.0 Å². The minimum atomic E-state index is -4.27. The summed E-state index contributed by atoms with van der Waals surface area (Å²) in [5.41, 5.74) is 1.60. The van der Waals surface area contributed by atoms with E-state index in [1.807, 2.05) is 7.05 Å². The maximum atomic E-state index is 12.6. The zero-order valence-electron chi connectivity index (χ0n) is 12.0. The zero-order valence-corrected chi connectivity index (χ0v) is 12.8. The number of halogens is 3. The van der Waals surface area contributed by atoms with Crippen LogP contribution in [0.15, 0.2) is 35.7 Å². The van der Waals surface area contributed by atoms with Gasteiger partial charge in [0.05, 0.1) is 5.56 Å². The average molecular weight is 313 g/mol. The van der Waals surface area contributed by atoms with Crippen LogP contribution in [-0.2, 0) is 19.0 Å². The molecule has 0 bridgehead atoms. The minimum absolute atomic E-state index is 0.136. The maximum absolute atomic E-state index is 12.6. The van der Waals surface area contributed by atoms with Crippen LogP contribution in [0, 0.1) is 0 Å². The maximum Gasteiger partial charge on any atom is 0.416 e. The van der Waals surface area contributed by atoms with Crippen molar-refractivity contribution < 1.29 is 13.2 Å². The molecule has 1 atom stereocenters. The molecular weight excluding hydrogens is 295 g/mol. The van der Waals surface area contributed by atoms with E-state index in [9.17, 15) is 13.2 Å². The molecule has 0 amide bonds. The third-order valence-corrected chi connectivity index (χ3v) is 4.62. The number of likely N-dealkylation sites (N-methyl/N-ethyl adjacent to an activating group) is 1. The highest BCUT2D eigenvalue weighted by Gasteiger charge is 2.30. The van der Waals surface area contributed by atoms with Crippen LogP contribution < -0.4 is 5.32 Å². The van der Waals surface area contributed by atoms with Gasteiger partial charge in [-0.15, -0.1) is 11.3 Å². The largest absolute Gasteiger partial charge is 0.416 e. The van der Waals surface area contributed by atoms with Crippen molar-refractivity contribution in [1.29, 1.82) is 0 Å². The first-order valence-corrected chi connectivity index (χ1v) is 7.73. The fourth-order valence-electron chi connectivity index (χ4n) is 2.34. The van der Waals surface area contributed by atoms with E-state index in [4.69, 9.17) is 0 Å². The summed E-state index contributed by atoms with van der Waals surface area (Å²) in [6.45, 7) is 2.11. The predicted molar refractivity (Wildman–Crippen MR) is 80.6 cm³/mol. The molecule has 114 valence electrons. The summed E-state index contributed by atoms with van der Waals surface area (Å²) in [6, 6.07) is 7.67. The normalized spacial score (nSPS) is 13.4. The van der Waals surface area contributed by atoms with E-state index in [0.29, 0.717) is 6.42 Å². The first-order valence-electron chi connectivity index (χ1n) is 6.85. The number of rotatable bonds is 5. The summed E-state index contributed by atoms with van der Waals surface area (Å²) in [4.78, 5) is 1.26. The van der Waals surface area contributed by atoms with Gasteiger partial charge in [-0.25, -0.2) is 0 Å². The summed E-state index contributed by atoms with van der Waals surface area (Å²) in [6.07, 6.45) is -2.63. The Morgan fingerprint density at radius 3 is 2.33 bits per heavy atom. The van der Waals surface area contributed by atoms with Crippen molar-refractivity contribution in [3.63, 3.8) is 0 Å². The lowest BCUT2D eigenvalue weighted by atomic mass is 10.0. The van der Waals surface area contributed by atoms with Crippen LogP contribution in [0.1, 0.15) is 34.5 Å². The monoisotopic (exact) mass is 313 g/mol. The highest BCUT2D eigenvalue weighted by Crippen LogP contribution is 2.31. The zero-order chi connectivity index (χ0) is 15.5. The fraction of sp³-hybridized carbons (Fsp3) is 0.375. The summed E-state index contributed by atoms with van der Waals surface area (Å²) in [5.74, 6) is 0. The van der Waals surface area contributed by atoms with Gasteiger partial charge in [0.15, 0.2) is 0 Å². The molecule has 0 fully saturated rings. The molecule has 0 spiro atoms. The molecule has 1 nitrogen and oxygen atoms in total. The van der Waals surface area contributed by atoms with Crippen LogP contribution in [0.2, 0.25) is 0 Å². The molecule has 1 heterocycles. The summed E-state index contributed by atoms with van der Waals surface area (Å²) in [7, 11) is 1.88. The van der Waals surface area contributed by atoms with Crippen LogP contribution in [0.3, 0.4) is 0 Å². The molecule has 21 heavy (non-hydrogen) atoms. The average Bonchev–Trinajstić information content (AvgIpc) is 2.92. The molecule has 0 radical (unpaired) electrons. The molecule has 5 heteroatoms. The Balaban J connectivity index is 2.16. The van der Waals surface area contributed by atoms with Crippen molar-refractivity contribution in [2.45, 2.75) is 32.0 Å². The first kappa shape index (κ1) is 16.0. The van der Waals surface area contributed by atoms with E-state index in [1.54, 1.807) is 23.5 Å². The van der Waals surface area contributed by atoms with Gasteiger partial charge in [0, 0.05) is 10.9 Å². The molecule has 1 N–H and O–H groups in total. The third-order valence-electron chi connectivity index (χ3n) is 3.55. The summed E-state index contributed by atoms with van der Waals surface area (Å²) in [5, 5.41) is 5.32. The molecular formula is C16H18F3NS. The SMILES string of the molecule is CCc1ccsc1C(Cc1ccc(C(F)(F)F)cc1)NC. The molecule has 0 saturated heterocycles. The Bertz CT molecular complexity index is 572. The quantitative estimate of drug-likeness (QED) is 0.833. The molecule has 2 rings (SSSR count). The first-order chi connectivity index (χ1) is 9.95. The molecule has 0 aliphatic carbocycles. The van der Waals surface area contributed by atoms with Gasteiger partial charge in [-0.05, 0) is 54.6 Å². The Hall–Kier alpha value is -1.33. The van der Waals surface area contributed by atoms with Crippen LogP contribution in [0.4, 0.5) is 13.2 Å². The van der Waals surface area contributed by atoms with E-state index < -0.39 is 11.7 Å². The molecule has 0 saturated carbocycles. The molecule has 1 aromatic carbocycles. The van der Waals surface area contributed by atoms with Crippen molar-refractivity contribution in [3.05, 3.63) is 57.3 Å². The molecule has 1 unspecified atom stereocenters. The van der Waals surface area contributed by atoms with Gasteiger partial charge in [-0.3, -0.25) is 0 Å². The lowest BCUT2D eigenvalue weighted by Gasteiger charge is -2.17. The van der Waals surface area contributed by atoms with Gasteiger partial charge < -0.3 is 5.32 Å². The number of thiophene rings is 1. The number of nitrogens with one attached hydrogen (secondary N) is 1. The number of aryl methyl sites for hydroxylation is 1. The summed E-state index contributed by atoms with van der Waals surface area (Å²) < 4.78 is 37.7. The van der Waals surface area contributed by atoms with Crippen molar-refractivity contribution in [2.24, 2.45) is 0 Å². The highest BCUT2D eigenvalue weighted by atomic mass is 32.1. The van der Waals surface area contributed by atoms with Gasteiger partial charge in [-0.1, -0.05) is 19.1 Å². The molecule has 1 aromatic heterocycles. The second kappa shape index (κ2) is 6.62. The standard InChI is InChI=1S/C16H18F3NS/c1-3-12-8-9-21-15(12)14(20-2)10-11-4-6-13(7-5-11)16(17,18)19/h4-9,14,20H,3,10H2,1-2H3. The predicted octanol–water partition coefficient (Wildman–Crippen LogP) is 4.83. The van der Waals surface area contributed by atoms with Gasteiger partial charge in [0.2, 0.25) is 0 Å². The minimum Gasteiger partial charge on any atom is -0.312 e. The van der Waals surface area contributed by atoms with Crippen LogP contribution in [0.25, 0.3) is 0 Å². The van der Waals surface area contributed by atoms with E-state index in [-0.39, 0.29) is 6.04 Å². The summed E-state index contributed by atoms with van der Waals surface area (Å²) >= 11 is 1.69. The Kier molecular flexibility index (Phi) is 5.06. The van der Waals surface area contributed by atoms with Crippen LogP contribution in [-0.4, -0.2) is 7.05 Å². The van der Waals surface area contributed by atoms with E-state index in [1.165, 1.54) is 10.4 Å². The van der Waals surface area contributed by atoms with Gasteiger partial charge >= 0.3 is 6.18 Å². The Labute approximate surface area is 126 Å². The molecule has 0 aliphatic rings. The van der Waals surface area contributed by atoms with Crippen molar-refractivity contribution in [2.75, 3.05) is 7.05 Å². The molecule has 0 aliphatic heterocycles. The van der Waals surface area contributed by atoms with Crippen molar-refractivity contribution >= 4 is 11.3 Å². The molecule has 2 aromatic rings. The van der Waals surface area contributed by atoms with Gasteiger partial charge in [0.1, 0.15) is 0 Å². The van der Waals surface area contributed by atoms with Crippen molar-refractivity contribution in [3.8, 4) is 0 Å². The number of alkyl halides is 3. The van der Waals surface area contributed by atoms with Gasteiger partial charge in [-0.2, -0.15) is 13.2 Å². The van der Waals surface area contributed by atoms with Gasteiger partial charge in [0.25, 0.3) is 0 Å². The highest BCUT2D eigenvalue weighted by molar-refractivity contribution is 7.10. The number of hydrogen-bond donors (Lipinski definition) is 1. The van der Waals surface area contributed by atoms with E-state index in [0.717, 1.165) is 24.1 Å². The number of benzene rings is 1.